The van der Waals surface area contributed by atoms with Gasteiger partial charge in [-0.3, -0.25) is 0 Å². The van der Waals surface area contributed by atoms with Crippen molar-refractivity contribution in [2.75, 3.05) is 23.4 Å². The molecule has 0 unspecified atom stereocenters. The maximum Gasteiger partial charge on any atom is 0.319 e. The van der Waals surface area contributed by atoms with E-state index in [2.05, 4.69) is 20.7 Å². The molecule has 1 heterocycles. The SMILES string of the molecule is CC(C)CS(=O)(=O)CCNC(=O)Nc1cccc(-n2cncn2)c1. The highest BCUT2D eigenvalue weighted by Gasteiger charge is 2.13. The van der Waals surface area contributed by atoms with Gasteiger partial charge in [-0.05, 0) is 24.1 Å². The number of sulfone groups is 1. The Labute approximate surface area is 141 Å². The van der Waals surface area contributed by atoms with Gasteiger partial charge < -0.3 is 10.6 Å². The van der Waals surface area contributed by atoms with Gasteiger partial charge in [-0.25, -0.2) is 22.9 Å². The molecule has 0 saturated heterocycles. The van der Waals surface area contributed by atoms with E-state index in [0.717, 1.165) is 5.69 Å². The number of nitrogens with zero attached hydrogens (tertiary/aromatic N) is 3. The zero-order valence-electron chi connectivity index (χ0n) is 13.6. The van der Waals surface area contributed by atoms with E-state index in [1.807, 2.05) is 19.9 Å². The summed E-state index contributed by atoms with van der Waals surface area (Å²) in [5.74, 6) is 0.122. The van der Waals surface area contributed by atoms with Gasteiger partial charge in [0.05, 0.1) is 17.2 Å². The molecule has 0 aliphatic heterocycles. The number of anilines is 1. The standard InChI is InChI=1S/C15H21N5O3S/c1-12(2)9-24(22,23)7-6-17-15(21)19-13-4-3-5-14(8-13)20-11-16-10-18-20/h3-5,8,10-12H,6-7,9H2,1-2H3,(H2,17,19,21). The van der Waals surface area contributed by atoms with Crippen LogP contribution in [0.1, 0.15) is 13.8 Å². The van der Waals surface area contributed by atoms with Gasteiger partial charge in [0, 0.05) is 12.2 Å². The van der Waals surface area contributed by atoms with Crippen molar-refractivity contribution in [1.29, 1.82) is 0 Å². The first-order valence-corrected chi connectivity index (χ1v) is 9.38. The first kappa shape index (κ1) is 17.9. The molecule has 2 N–H and O–H groups in total. The minimum atomic E-state index is -3.15. The van der Waals surface area contributed by atoms with Crippen LogP contribution >= 0.6 is 0 Å². The van der Waals surface area contributed by atoms with E-state index in [9.17, 15) is 13.2 Å². The highest BCUT2D eigenvalue weighted by atomic mass is 32.2. The minimum Gasteiger partial charge on any atom is -0.337 e. The van der Waals surface area contributed by atoms with Crippen molar-refractivity contribution in [1.82, 2.24) is 20.1 Å². The zero-order chi connectivity index (χ0) is 17.6. The van der Waals surface area contributed by atoms with Crippen LogP contribution in [-0.4, -0.2) is 47.3 Å². The van der Waals surface area contributed by atoms with Crippen LogP contribution in [0.4, 0.5) is 10.5 Å². The van der Waals surface area contributed by atoms with Gasteiger partial charge in [-0.1, -0.05) is 19.9 Å². The molecule has 1 aromatic carbocycles. The van der Waals surface area contributed by atoms with Gasteiger partial charge in [0.15, 0.2) is 9.84 Å². The third-order valence-corrected chi connectivity index (χ3v) is 5.07. The Morgan fingerprint density at radius 3 is 2.79 bits per heavy atom. The summed E-state index contributed by atoms with van der Waals surface area (Å²) in [6.07, 6.45) is 2.98. The Bertz CT molecular complexity index is 772. The molecule has 130 valence electrons. The lowest BCUT2D eigenvalue weighted by molar-refractivity contribution is 0.252. The van der Waals surface area contributed by atoms with Crippen LogP contribution < -0.4 is 10.6 Å². The monoisotopic (exact) mass is 351 g/mol. The van der Waals surface area contributed by atoms with Gasteiger partial charge in [0.1, 0.15) is 12.7 Å². The summed E-state index contributed by atoms with van der Waals surface area (Å²) in [6.45, 7) is 3.77. The van der Waals surface area contributed by atoms with Crippen molar-refractivity contribution in [2.45, 2.75) is 13.8 Å². The van der Waals surface area contributed by atoms with E-state index in [4.69, 9.17) is 0 Å². The summed E-state index contributed by atoms with van der Waals surface area (Å²) in [6, 6.07) is 6.63. The van der Waals surface area contributed by atoms with E-state index in [1.165, 1.54) is 6.33 Å². The quantitative estimate of drug-likeness (QED) is 0.785. The lowest BCUT2D eigenvalue weighted by atomic mass is 10.3. The summed E-state index contributed by atoms with van der Waals surface area (Å²) in [7, 11) is -3.15. The topological polar surface area (TPSA) is 106 Å². The van der Waals surface area contributed by atoms with Crippen molar-refractivity contribution in [3.8, 4) is 5.69 Å². The fourth-order valence-electron chi connectivity index (χ4n) is 2.15. The molecule has 2 rings (SSSR count). The summed E-state index contributed by atoms with van der Waals surface area (Å²) in [5, 5.41) is 9.23. The number of urea groups is 1. The van der Waals surface area contributed by atoms with Crippen LogP contribution in [0.2, 0.25) is 0 Å². The number of nitrogens with one attached hydrogen (secondary N) is 2. The number of hydrogen-bond donors (Lipinski definition) is 2. The van der Waals surface area contributed by atoms with E-state index in [0.29, 0.717) is 5.69 Å². The highest BCUT2D eigenvalue weighted by molar-refractivity contribution is 7.91. The third-order valence-electron chi connectivity index (χ3n) is 3.07. The molecular formula is C15H21N5O3S. The van der Waals surface area contributed by atoms with Crippen molar-refractivity contribution in [3.05, 3.63) is 36.9 Å². The van der Waals surface area contributed by atoms with Crippen LogP contribution in [-0.2, 0) is 9.84 Å². The molecular weight excluding hydrogens is 330 g/mol. The molecule has 0 aliphatic carbocycles. The first-order chi connectivity index (χ1) is 11.4. The van der Waals surface area contributed by atoms with Gasteiger partial charge in [0.25, 0.3) is 0 Å². The molecule has 0 fully saturated rings. The Morgan fingerprint density at radius 1 is 1.33 bits per heavy atom. The van der Waals surface area contributed by atoms with Crippen molar-refractivity contribution < 1.29 is 13.2 Å². The van der Waals surface area contributed by atoms with Gasteiger partial charge in [-0.2, -0.15) is 5.10 Å². The predicted octanol–water partition coefficient (Wildman–Crippen LogP) is 1.46. The molecule has 8 nitrogen and oxygen atoms in total. The van der Waals surface area contributed by atoms with Crippen LogP contribution in [0.3, 0.4) is 0 Å². The summed E-state index contributed by atoms with van der Waals surface area (Å²) >= 11 is 0. The van der Waals surface area contributed by atoms with Gasteiger partial charge in [-0.15, -0.1) is 0 Å². The molecule has 0 spiro atoms. The fraction of sp³-hybridized carbons (Fsp3) is 0.400. The summed E-state index contributed by atoms with van der Waals surface area (Å²) < 4.78 is 25.1. The van der Waals surface area contributed by atoms with E-state index in [-0.39, 0.29) is 24.0 Å². The summed E-state index contributed by atoms with van der Waals surface area (Å²) in [4.78, 5) is 15.7. The average Bonchev–Trinajstić information content (AvgIpc) is 3.00. The second-order valence-corrected chi connectivity index (χ2v) is 8.01. The summed E-state index contributed by atoms with van der Waals surface area (Å²) in [5.41, 5.74) is 1.33. The van der Waals surface area contributed by atoms with E-state index >= 15 is 0 Å². The van der Waals surface area contributed by atoms with Crippen LogP contribution in [0.15, 0.2) is 36.9 Å². The zero-order valence-corrected chi connectivity index (χ0v) is 14.5. The van der Waals surface area contributed by atoms with Gasteiger partial charge in [0.2, 0.25) is 0 Å². The Balaban J connectivity index is 1.86. The highest BCUT2D eigenvalue weighted by Crippen LogP contribution is 2.13. The van der Waals surface area contributed by atoms with Crippen LogP contribution in [0.25, 0.3) is 5.69 Å². The molecule has 0 aliphatic rings. The molecule has 2 amide bonds. The van der Waals surface area contributed by atoms with Crippen molar-refractivity contribution in [3.63, 3.8) is 0 Å². The number of rotatable bonds is 7. The lowest BCUT2D eigenvalue weighted by Gasteiger charge is -2.10. The third kappa shape index (κ3) is 5.65. The minimum absolute atomic E-state index is 0.0718. The molecule has 24 heavy (non-hydrogen) atoms. The second-order valence-electron chi connectivity index (χ2n) is 5.78. The number of amides is 2. The lowest BCUT2D eigenvalue weighted by Crippen LogP contribution is -2.33. The Morgan fingerprint density at radius 2 is 2.12 bits per heavy atom. The van der Waals surface area contributed by atoms with E-state index < -0.39 is 15.9 Å². The van der Waals surface area contributed by atoms with Crippen molar-refractivity contribution in [2.24, 2.45) is 5.92 Å². The normalized spacial score (nSPS) is 11.5. The van der Waals surface area contributed by atoms with E-state index in [1.54, 1.807) is 29.2 Å². The Hall–Kier alpha value is -2.42. The van der Waals surface area contributed by atoms with Crippen molar-refractivity contribution >= 4 is 21.6 Å². The number of carbonyl (C=O) groups is 1. The predicted molar refractivity (Wildman–Crippen MR) is 91.9 cm³/mol. The van der Waals surface area contributed by atoms with Crippen LogP contribution in [0.5, 0.6) is 0 Å². The average molecular weight is 351 g/mol. The maximum absolute atomic E-state index is 11.9. The number of carbonyl (C=O) groups excluding carboxylic acids is 1. The molecule has 0 saturated carbocycles. The maximum atomic E-state index is 11.9. The van der Waals surface area contributed by atoms with Gasteiger partial charge >= 0.3 is 6.03 Å². The largest absolute Gasteiger partial charge is 0.337 e. The molecule has 0 atom stereocenters. The fourth-order valence-corrected chi connectivity index (χ4v) is 3.75. The molecule has 0 bridgehead atoms. The molecule has 9 heteroatoms. The second kappa shape index (κ2) is 7.91. The molecule has 1 aromatic heterocycles. The molecule has 2 aromatic rings. The number of aromatic nitrogens is 3. The molecule has 0 radical (unpaired) electrons. The first-order valence-electron chi connectivity index (χ1n) is 7.56. The smallest absolute Gasteiger partial charge is 0.319 e. The number of hydrogen-bond acceptors (Lipinski definition) is 5. The number of benzene rings is 1. The van der Waals surface area contributed by atoms with Crippen LogP contribution in [0, 0.1) is 5.92 Å². The Kier molecular flexibility index (Phi) is 5.91.